The van der Waals surface area contributed by atoms with Gasteiger partial charge in [-0.1, -0.05) is 11.6 Å². The number of nitrogens with zero attached hydrogens (tertiary/aromatic N) is 2. The summed E-state index contributed by atoms with van der Waals surface area (Å²) in [7, 11) is 0. The zero-order valence-corrected chi connectivity index (χ0v) is 13.9. The molecule has 0 bridgehead atoms. The number of likely N-dealkylation sites (tertiary alicyclic amines) is 1. The van der Waals surface area contributed by atoms with Gasteiger partial charge in [-0.2, -0.15) is 0 Å². The zero-order valence-electron chi connectivity index (χ0n) is 13.2. The highest BCUT2D eigenvalue weighted by Crippen LogP contribution is 2.26. The van der Waals surface area contributed by atoms with Gasteiger partial charge in [-0.15, -0.1) is 0 Å². The van der Waals surface area contributed by atoms with Crippen LogP contribution in [0.4, 0.5) is 0 Å². The summed E-state index contributed by atoms with van der Waals surface area (Å²) in [6.07, 6.45) is 0. The SMILES string of the molecule is O=C(c1ccc(Cl)cc1)N1C[C@@H](CN2CCOCC2)[C@@H](CO)C1. The van der Waals surface area contributed by atoms with Crippen LogP contribution in [0.15, 0.2) is 24.3 Å². The Labute approximate surface area is 141 Å². The maximum atomic E-state index is 12.6. The number of aliphatic hydroxyl groups is 1. The molecule has 2 fully saturated rings. The van der Waals surface area contributed by atoms with Gasteiger partial charge in [-0.3, -0.25) is 9.69 Å². The number of aliphatic hydroxyl groups excluding tert-OH is 1. The van der Waals surface area contributed by atoms with Crippen LogP contribution in [0.1, 0.15) is 10.4 Å². The van der Waals surface area contributed by atoms with Gasteiger partial charge in [0.05, 0.1) is 13.2 Å². The minimum Gasteiger partial charge on any atom is -0.396 e. The van der Waals surface area contributed by atoms with Crippen LogP contribution in [0, 0.1) is 11.8 Å². The van der Waals surface area contributed by atoms with Crippen molar-refractivity contribution in [3.8, 4) is 0 Å². The van der Waals surface area contributed by atoms with E-state index in [1.807, 2.05) is 4.90 Å². The Morgan fingerprint density at radius 1 is 1.17 bits per heavy atom. The van der Waals surface area contributed by atoms with Gasteiger partial charge in [-0.25, -0.2) is 0 Å². The summed E-state index contributed by atoms with van der Waals surface area (Å²) in [6, 6.07) is 6.99. The van der Waals surface area contributed by atoms with Crippen molar-refractivity contribution >= 4 is 17.5 Å². The Morgan fingerprint density at radius 3 is 2.48 bits per heavy atom. The molecular weight excluding hydrogens is 316 g/mol. The van der Waals surface area contributed by atoms with Crippen LogP contribution in [-0.2, 0) is 4.74 Å². The Morgan fingerprint density at radius 2 is 1.83 bits per heavy atom. The molecule has 2 aliphatic heterocycles. The number of halogens is 1. The van der Waals surface area contributed by atoms with Crippen LogP contribution in [0.5, 0.6) is 0 Å². The van der Waals surface area contributed by atoms with Gasteiger partial charge in [-0.05, 0) is 30.2 Å². The average molecular weight is 339 g/mol. The monoisotopic (exact) mass is 338 g/mol. The number of hydrogen-bond acceptors (Lipinski definition) is 4. The lowest BCUT2D eigenvalue weighted by molar-refractivity contribution is 0.0264. The molecule has 0 unspecified atom stereocenters. The predicted molar refractivity (Wildman–Crippen MR) is 88.7 cm³/mol. The number of carbonyl (C=O) groups is 1. The van der Waals surface area contributed by atoms with Gasteiger partial charge in [0.2, 0.25) is 0 Å². The topological polar surface area (TPSA) is 53.0 Å². The van der Waals surface area contributed by atoms with Crippen LogP contribution < -0.4 is 0 Å². The van der Waals surface area contributed by atoms with Crippen molar-refractivity contribution in [2.24, 2.45) is 11.8 Å². The standard InChI is InChI=1S/C17H23ClN2O3/c18-16-3-1-13(2-4-16)17(22)20-10-14(15(11-20)12-21)9-19-5-7-23-8-6-19/h1-4,14-15,21H,5-12H2/t14-,15-/m1/s1. The lowest BCUT2D eigenvalue weighted by atomic mass is 9.96. The molecule has 1 aromatic carbocycles. The van der Waals surface area contributed by atoms with Crippen molar-refractivity contribution in [3.63, 3.8) is 0 Å². The molecule has 0 aliphatic carbocycles. The average Bonchev–Trinajstić information content (AvgIpc) is 2.99. The van der Waals surface area contributed by atoms with Gasteiger partial charge in [0.25, 0.3) is 5.91 Å². The van der Waals surface area contributed by atoms with Gasteiger partial charge < -0.3 is 14.7 Å². The molecule has 2 heterocycles. The third-order valence-electron chi connectivity index (χ3n) is 4.79. The highest BCUT2D eigenvalue weighted by molar-refractivity contribution is 6.30. The third kappa shape index (κ3) is 4.04. The van der Waals surface area contributed by atoms with Gasteiger partial charge >= 0.3 is 0 Å². The fourth-order valence-corrected chi connectivity index (χ4v) is 3.53. The van der Waals surface area contributed by atoms with E-state index in [-0.39, 0.29) is 18.4 Å². The number of benzene rings is 1. The molecule has 1 N–H and O–H groups in total. The van der Waals surface area contributed by atoms with Crippen LogP contribution in [0.25, 0.3) is 0 Å². The second-order valence-corrected chi connectivity index (χ2v) is 6.77. The van der Waals surface area contributed by atoms with Crippen molar-refractivity contribution < 1.29 is 14.6 Å². The first kappa shape index (κ1) is 16.7. The first-order valence-corrected chi connectivity index (χ1v) is 8.51. The third-order valence-corrected chi connectivity index (χ3v) is 5.04. The Kier molecular flexibility index (Phi) is 5.54. The molecule has 0 saturated carbocycles. The number of rotatable bonds is 4. The summed E-state index contributed by atoms with van der Waals surface area (Å²) in [4.78, 5) is 16.8. The summed E-state index contributed by atoms with van der Waals surface area (Å²) in [5.74, 6) is 0.480. The summed E-state index contributed by atoms with van der Waals surface area (Å²) >= 11 is 5.88. The molecule has 126 valence electrons. The molecule has 23 heavy (non-hydrogen) atoms. The van der Waals surface area contributed by atoms with E-state index in [9.17, 15) is 9.90 Å². The summed E-state index contributed by atoms with van der Waals surface area (Å²) in [5, 5.41) is 10.3. The Hall–Kier alpha value is -1.14. The first-order valence-electron chi connectivity index (χ1n) is 8.13. The highest BCUT2D eigenvalue weighted by Gasteiger charge is 2.36. The van der Waals surface area contributed by atoms with E-state index >= 15 is 0 Å². The fraction of sp³-hybridized carbons (Fsp3) is 0.588. The largest absolute Gasteiger partial charge is 0.396 e. The molecule has 0 aromatic heterocycles. The van der Waals surface area contributed by atoms with Crippen LogP contribution >= 0.6 is 11.6 Å². The number of ether oxygens (including phenoxy) is 1. The minimum atomic E-state index is 0.0181. The molecule has 1 aromatic rings. The molecule has 5 nitrogen and oxygen atoms in total. The van der Waals surface area contributed by atoms with Crippen LogP contribution in [0.2, 0.25) is 5.02 Å². The quantitative estimate of drug-likeness (QED) is 0.900. The maximum Gasteiger partial charge on any atom is 0.253 e. The van der Waals surface area contributed by atoms with Crippen LogP contribution in [0.3, 0.4) is 0 Å². The molecule has 2 saturated heterocycles. The second kappa shape index (κ2) is 7.62. The van der Waals surface area contributed by atoms with E-state index in [0.717, 1.165) is 32.8 Å². The normalized spacial score (nSPS) is 25.7. The van der Waals surface area contributed by atoms with E-state index in [1.54, 1.807) is 24.3 Å². The van der Waals surface area contributed by atoms with Crippen molar-refractivity contribution in [2.75, 3.05) is 52.5 Å². The first-order chi connectivity index (χ1) is 11.2. The number of carbonyl (C=O) groups excluding carboxylic acids is 1. The molecule has 2 atom stereocenters. The van der Waals surface area contributed by atoms with E-state index in [0.29, 0.717) is 29.6 Å². The maximum absolute atomic E-state index is 12.6. The van der Waals surface area contributed by atoms with Crippen molar-refractivity contribution in [1.82, 2.24) is 9.80 Å². The molecule has 2 aliphatic rings. The van der Waals surface area contributed by atoms with Crippen LogP contribution in [-0.4, -0.2) is 73.4 Å². The lowest BCUT2D eigenvalue weighted by Crippen LogP contribution is -2.41. The number of amides is 1. The van der Waals surface area contributed by atoms with Crippen molar-refractivity contribution in [1.29, 1.82) is 0 Å². The van der Waals surface area contributed by atoms with Gasteiger partial charge in [0, 0.05) is 55.8 Å². The second-order valence-electron chi connectivity index (χ2n) is 6.33. The molecule has 0 spiro atoms. The van der Waals surface area contributed by atoms with E-state index < -0.39 is 0 Å². The summed E-state index contributed by atoms with van der Waals surface area (Å²) < 4.78 is 5.38. The van der Waals surface area contributed by atoms with E-state index in [1.165, 1.54) is 0 Å². The summed E-state index contributed by atoms with van der Waals surface area (Å²) in [5.41, 5.74) is 0.651. The smallest absolute Gasteiger partial charge is 0.253 e. The Balaban J connectivity index is 1.63. The fourth-order valence-electron chi connectivity index (χ4n) is 3.41. The van der Waals surface area contributed by atoms with E-state index in [4.69, 9.17) is 16.3 Å². The lowest BCUT2D eigenvalue weighted by Gasteiger charge is -2.30. The molecule has 0 radical (unpaired) electrons. The summed E-state index contributed by atoms with van der Waals surface area (Å²) in [6.45, 7) is 5.75. The zero-order chi connectivity index (χ0) is 16.2. The van der Waals surface area contributed by atoms with E-state index in [2.05, 4.69) is 4.90 Å². The number of morpholine rings is 1. The van der Waals surface area contributed by atoms with Gasteiger partial charge in [0.15, 0.2) is 0 Å². The Bertz CT molecular complexity index is 531. The van der Waals surface area contributed by atoms with Crippen molar-refractivity contribution in [3.05, 3.63) is 34.9 Å². The number of hydrogen-bond donors (Lipinski definition) is 1. The molecule has 1 amide bonds. The molecule has 6 heteroatoms. The van der Waals surface area contributed by atoms with Gasteiger partial charge in [0.1, 0.15) is 0 Å². The molecule has 3 rings (SSSR count). The highest BCUT2D eigenvalue weighted by atomic mass is 35.5. The minimum absolute atomic E-state index is 0.0181. The molecular formula is C17H23ClN2O3. The predicted octanol–water partition coefficient (Wildman–Crippen LogP) is 1.35. The van der Waals surface area contributed by atoms with Crippen molar-refractivity contribution in [2.45, 2.75) is 0 Å².